The van der Waals surface area contributed by atoms with Crippen molar-refractivity contribution in [2.24, 2.45) is 0 Å². The second-order valence-corrected chi connectivity index (χ2v) is 3.90. The van der Waals surface area contributed by atoms with E-state index in [1.165, 1.54) is 5.56 Å². The van der Waals surface area contributed by atoms with Gasteiger partial charge in [-0.1, -0.05) is 25.1 Å². The molecule has 16 heavy (non-hydrogen) atoms. The largest absolute Gasteiger partial charge is 0.464 e. The van der Waals surface area contributed by atoms with Gasteiger partial charge in [-0.15, -0.1) is 0 Å². The topological polar surface area (TPSA) is 41.8 Å². The van der Waals surface area contributed by atoms with Crippen LogP contribution in [0.15, 0.2) is 47.5 Å². The minimum atomic E-state index is 0.245. The molecule has 1 atom stereocenters. The van der Waals surface area contributed by atoms with E-state index in [1.807, 2.05) is 30.7 Å². The average molecular weight is 212 g/mol. The first-order valence-electron chi connectivity index (χ1n) is 5.31. The van der Waals surface area contributed by atoms with Crippen molar-refractivity contribution >= 4 is 11.0 Å². The maximum absolute atomic E-state index is 5.53. The molecule has 1 unspecified atom stereocenters. The van der Waals surface area contributed by atoms with Crippen LogP contribution in [0.4, 0.5) is 0 Å². The first kappa shape index (κ1) is 9.21. The third kappa shape index (κ3) is 1.33. The minimum absolute atomic E-state index is 0.245. The van der Waals surface area contributed by atoms with Crippen LogP contribution in [0.2, 0.25) is 0 Å². The molecule has 3 aromatic rings. The van der Waals surface area contributed by atoms with Crippen LogP contribution in [0.5, 0.6) is 0 Å². The minimum Gasteiger partial charge on any atom is -0.464 e. The number of para-hydroxylation sites is 1. The van der Waals surface area contributed by atoms with Gasteiger partial charge in [0, 0.05) is 23.1 Å². The number of nitrogens with zero attached hydrogens (tertiary/aromatic N) is 1. The van der Waals surface area contributed by atoms with Crippen molar-refractivity contribution in [3.05, 3.63) is 54.3 Å². The molecule has 0 radical (unpaired) electrons. The summed E-state index contributed by atoms with van der Waals surface area (Å²) < 4.78 is 5.53. The SMILES string of the molecule is CC(c1c[nH]cn1)c1coc2ccccc12. The number of rotatable bonds is 2. The van der Waals surface area contributed by atoms with Crippen LogP contribution in [0, 0.1) is 0 Å². The zero-order valence-electron chi connectivity index (χ0n) is 8.97. The molecule has 80 valence electrons. The van der Waals surface area contributed by atoms with Gasteiger partial charge in [-0.2, -0.15) is 0 Å². The van der Waals surface area contributed by atoms with Crippen molar-refractivity contribution in [2.75, 3.05) is 0 Å². The zero-order chi connectivity index (χ0) is 11.0. The Bertz CT molecular complexity index is 595. The highest BCUT2D eigenvalue weighted by Crippen LogP contribution is 2.30. The second kappa shape index (κ2) is 3.52. The third-order valence-electron chi connectivity index (χ3n) is 2.94. The summed E-state index contributed by atoms with van der Waals surface area (Å²) in [6.07, 6.45) is 5.45. The van der Waals surface area contributed by atoms with Crippen molar-refractivity contribution in [3.8, 4) is 0 Å². The summed E-state index contributed by atoms with van der Waals surface area (Å²) in [5.41, 5.74) is 3.15. The van der Waals surface area contributed by atoms with Gasteiger partial charge in [0.1, 0.15) is 5.58 Å². The Labute approximate surface area is 93.1 Å². The summed E-state index contributed by atoms with van der Waals surface area (Å²) in [7, 11) is 0. The van der Waals surface area contributed by atoms with E-state index in [0.717, 1.165) is 16.7 Å². The van der Waals surface area contributed by atoms with Crippen LogP contribution in [0.1, 0.15) is 24.1 Å². The molecular weight excluding hydrogens is 200 g/mol. The standard InChI is InChI=1S/C13H12N2O/c1-9(12-6-14-8-15-12)11-7-16-13-5-3-2-4-10(11)13/h2-9H,1H3,(H,14,15). The Morgan fingerprint density at radius 2 is 2.19 bits per heavy atom. The van der Waals surface area contributed by atoms with Crippen molar-refractivity contribution < 1.29 is 4.42 Å². The fourth-order valence-electron chi connectivity index (χ4n) is 2.00. The molecule has 0 aliphatic rings. The van der Waals surface area contributed by atoms with Gasteiger partial charge >= 0.3 is 0 Å². The van der Waals surface area contributed by atoms with Crippen LogP contribution in [0.25, 0.3) is 11.0 Å². The molecule has 0 aliphatic carbocycles. The Hall–Kier alpha value is -2.03. The van der Waals surface area contributed by atoms with Crippen LogP contribution < -0.4 is 0 Å². The van der Waals surface area contributed by atoms with Crippen LogP contribution in [-0.4, -0.2) is 9.97 Å². The van der Waals surface area contributed by atoms with Gasteiger partial charge in [0.2, 0.25) is 0 Å². The Kier molecular flexibility index (Phi) is 2.03. The zero-order valence-corrected chi connectivity index (χ0v) is 8.97. The number of nitrogens with one attached hydrogen (secondary N) is 1. The molecule has 0 saturated heterocycles. The van der Waals surface area contributed by atoms with Gasteiger partial charge < -0.3 is 9.40 Å². The highest BCUT2D eigenvalue weighted by Gasteiger charge is 2.15. The normalized spacial score (nSPS) is 13.1. The van der Waals surface area contributed by atoms with E-state index in [4.69, 9.17) is 4.42 Å². The van der Waals surface area contributed by atoms with E-state index in [9.17, 15) is 0 Å². The first-order chi connectivity index (χ1) is 7.86. The molecule has 0 saturated carbocycles. The van der Waals surface area contributed by atoms with Gasteiger partial charge in [-0.25, -0.2) is 4.98 Å². The van der Waals surface area contributed by atoms with Gasteiger partial charge in [0.15, 0.2) is 0 Å². The molecule has 0 spiro atoms. The number of imidazole rings is 1. The lowest BCUT2D eigenvalue weighted by molar-refractivity contribution is 0.607. The molecule has 0 bridgehead atoms. The van der Waals surface area contributed by atoms with E-state index < -0.39 is 0 Å². The Morgan fingerprint density at radius 3 is 3.00 bits per heavy atom. The predicted molar refractivity (Wildman–Crippen MR) is 62.3 cm³/mol. The number of hydrogen-bond acceptors (Lipinski definition) is 2. The van der Waals surface area contributed by atoms with Crippen molar-refractivity contribution in [2.45, 2.75) is 12.8 Å². The van der Waals surface area contributed by atoms with Gasteiger partial charge in [-0.05, 0) is 6.07 Å². The molecular formula is C13H12N2O. The lowest BCUT2D eigenvalue weighted by Crippen LogP contribution is -1.94. The molecule has 3 rings (SSSR count). The first-order valence-corrected chi connectivity index (χ1v) is 5.31. The molecule has 3 nitrogen and oxygen atoms in total. The highest BCUT2D eigenvalue weighted by atomic mass is 16.3. The molecule has 1 N–H and O–H groups in total. The van der Waals surface area contributed by atoms with Crippen LogP contribution in [-0.2, 0) is 0 Å². The summed E-state index contributed by atoms with van der Waals surface area (Å²) in [5, 5.41) is 1.16. The van der Waals surface area contributed by atoms with Crippen LogP contribution in [0.3, 0.4) is 0 Å². The average Bonchev–Trinajstić information content (AvgIpc) is 2.98. The molecule has 0 aliphatic heterocycles. The summed E-state index contributed by atoms with van der Waals surface area (Å²) in [6, 6.07) is 8.07. The highest BCUT2D eigenvalue weighted by molar-refractivity contribution is 5.81. The molecule has 2 aromatic heterocycles. The van der Waals surface area contributed by atoms with Crippen molar-refractivity contribution in [1.82, 2.24) is 9.97 Å². The van der Waals surface area contributed by atoms with Crippen molar-refractivity contribution in [1.29, 1.82) is 0 Å². The molecule has 0 fully saturated rings. The number of furan rings is 1. The Balaban J connectivity index is 2.12. The number of benzene rings is 1. The summed E-state index contributed by atoms with van der Waals surface area (Å²) in [4.78, 5) is 7.26. The number of fused-ring (bicyclic) bond motifs is 1. The smallest absolute Gasteiger partial charge is 0.134 e. The van der Waals surface area contributed by atoms with E-state index in [0.29, 0.717) is 0 Å². The van der Waals surface area contributed by atoms with E-state index in [2.05, 4.69) is 23.0 Å². The second-order valence-electron chi connectivity index (χ2n) is 3.90. The lowest BCUT2D eigenvalue weighted by Gasteiger charge is -2.05. The quantitative estimate of drug-likeness (QED) is 0.708. The molecule has 2 heterocycles. The molecule has 1 aromatic carbocycles. The van der Waals surface area contributed by atoms with E-state index >= 15 is 0 Å². The molecule has 3 heteroatoms. The maximum Gasteiger partial charge on any atom is 0.134 e. The monoisotopic (exact) mass is 212 g/mol. The Morgan fingerprint density at radius 1 is 1.31 bits per heavy atom. The molecule has 0 amide bonds. The fourth-order valence-corrected chi connectivity index (χ4v) is 2.00. The summed E-state index contributed by atoms with van der Waals surface area (Å²) in [6.45, 7) is 2.13. The number of H-pyrrole nitrogens is 1. The predicted octanol–water partition coefficient (Wildman–Crippen LogP) is 3.31. The lowest BCUT2D eigenvalue weighted by atomic mass is 9.98. The number of aromatic amines is 1. The van der Waals surface area contributed by atoms with Crippen LogP contribution >= 0.6 is 0 Å². The van der Waals surface area contributed by atoms with Crippen molar-refractivity contribution in [3.63, 3.8) is 0 Å². The number of aromatic nitrogens is 2. The fraction of sp³-hybridized carbons (Fsp3) is 0.154. The number of hydrogen-bond donors (Lipinski definition) is 1. The summed E-state index contributed by atoms with van der Waals surface area (Å²) in [5.74, 6) is 0.245. The van der Waals surface area contributed by atoms with Gasteiger partial charge in [-0.3, -0.25) is 0 Å². The summed E-state index contributed by atoms with van der Waals surface area (Å²) >= 11 is 0. The van der Waals surface area contributed by atoms with E-state index in [-0.39, 0.29) is 5.92 Å². The van der Waals surface area contributed by atoms with Gasteiger partial charge in [0.25, 0.3) is 0 Å². The van der Waals surface area contributed by atoms with Gasteiger partial charge in [0.05, 0.1) is 18.3 Å². The third-order valence-corrected chi connectivity index (χ3v) is 2.94. The maximum atomic E-state index is 5.53. The van der Waals surface area contributed by atoms with E-state index in [1.54, 1.807) is 6.33 Å².